The fourth-order valence-electron chi connectivity index (χ4n) is 7.84. The molecule has 5 nitrogen and oxygen atoms in total. The maximum Gasteiger partial charge on any atom is 0.261 e. The maximum absolute atomic E-state index is 13.5. The van der Waals surface area contributed by atoms with E-state index in [0.717, 1.165) is 74.0 Å². The van der Waals surface area contributed by atoms with Crippen molar-refractivity contribution in [2.24, 2.45) is 23.7 Å². The first-order valence-electron chi connectivity index (χ1n) is 16.0. The minimum atomic E-state index is -0.324. The Kier molecular flexibility index (Phi) is 8.00. The monoisotopic (exact) mass is 606 g/mol. The first kappa shape index (κ1) is 28.6. The summed E-state index contributed by atoms with van der Waals surface area (Å²) in [7, 11) is 0. The predicted octanol–water partition coefficient (Wildman–Crippen LogP) is 7.34. The quantitative estimate of drug-likeness (QED) is 0.277. The molecule has 2 aliphatic heterocycles. The lowest BCUT2D eigenvalue weighted by Crippen LogP contribution is -2.49. The smallest absolute Gasteiger partial charge is 0.261 e. The number of ether oxygens (including phenoxy) is 1. The summed E-state index contributed by atoms with van der Waals surface area (Å²) < 4.78 is 9.85. The molecule has 1 spiro atoms. The molecule has 7 rings (SSSR count). The summed E-state index contributed by atoms with van der Waals surface area (Å²) in [6, 6.07) is 12.3. The number of rotatable bonds is 2. The van der Waals surface area contributed by atoms with Crippen LogP contribution < -0.4 is 14.4 Å². The molecule has 2 saturated carbocycles. The molecule has 7 heteroatoms. The molecular weight excluding hydrogens is 564 g/mol. The van der Waals surface area contributed by atoms with Crippen molar-refractivity contribution in [3.63, 3.8) is 0 Å². The molecule has 0 aromatic heterocycles. The third-order valence-corrected chi connectivity index (χ3v) is 12.2. The first-order chi connectivity index (χ1) is 20.4. The number of carbonyl (C=O) groups excluding carboxylic acids is 1. The van der Waals surface area contributed by atoms with Gasteiger partial charge in [-0.25, -0.2) is 0 Å². The number of hydrogen-bond acceptors (Lipinski definition) is 5. The number of nitrogens with one attached hydrogen (secondary N) is 1. The molecule has 0 saturated heterocycles. The Balaban J connectivity index is 1.24. The zero-order valence-electron chi connectivity index (χ0n) is 24.6. The van der Waals surface area contributed by atoms with Crippen molar-refractivity contribution in [1.82, 2.24) is 4.72 Å². The predicted molar refractivity (Wildman–Crippen MR) is 172 cm³/mol. The van der Waals surface area contributed by atoms with E-state index in [1.54, 1.807) is 11.9 Å². The fourth-order valence-corrected chi connectivity index (χ4v) is 9.08. The number of hydrogen-bond donors (Lipinski definition) is 2. The fraction of sp³-hybridized carbons (Fsp3) is 0.571. The second-order valence-corrected chi connectivity index (χ2v) is 15.1. The van der Waals surface area contributed by atoms with Gasteiger partial charge in [-0.05, 0) is 122 Å². The van der Waals surface area contributed by atoms with Gasteiger partial charge in [0.25, 0.3) is 5.91 Å². The van der Waals surface area contributed by atoms with Gasteiger partial charge in [-0.2, -0.15) is 0 Å². The van der Waals surface area contributed by atoms with Gasteiger partial charge in [0.15, 0.2) is 0 Å². The van der Waals surface area contributed by atoms with Crippen LogP contribution in [0.5, 0.6) is 5.75 Å². The van der Waals surface area contributed by atoms with Crippen LogP contribution in [0.1, 0.15) is 79.8 Å². The molecule has 2 bridgehead atoms. The first-order valence-corrected chi connectivity index (χ1v) is 17.3. The summed E-state index contributed by atoms with van der Waals surface area (Å²) in [5.41, 5.74) is 4.20. The summed E-state index contributed by atoms with van der Waals surface area (Å²) in [4.78, 5) is 16.0. The van der Waals surface area contributed by atoms with Crippen molar-refractivity contribution in [2.45, 2.75) is 81.5 Å². The van der Waals surface area contributed by atoms with Crippen molar-refractivity contribution in [1.29, 1.82) is 0 Å². The Morgan fingerprint density at radius 1 is 1.17 bits per heavy atom. The van der Waals surface area contributed by atoms with Gasteiger partial charge in [0, 0.05) is 34.3 Å². The average molecular weight is 607 g/mol. The molecule has 2 heterocycles. The third-order valence-electron chi connectivity index (χ3n) is 10.7. The maximum atomic E-state index is 13.5. The highest BCUT2D eigenvalue weighted by molar-refractivity contribution is 7.98. The minimum Gasteiger partial charge on any atom is -0.490 e. The number of fused-ring (bicyclic) bond motifs is 4. The van der Waals surface area contributed by atoms with Crippen LogP contribution in [0.4, 0.5) is 5.69 Å². The zero-order valence-corrected chi connectivity index (χ0v) is 26.1. The van der Waals surface area contributed by atoms with E-state index in [2.05, 4.69) is 40.8 Å². The van der Waals surface area contributed by atoms with Crippen molar-refractivity contribution in [2.75, 3.05) is 24.6 Å². The molecule has 0 unspecified atom stereocenters. The van der Waals surface area contributed by atoms with Gasteiger partial charge in [-0.3, -0.25) is 9.52 Å². The Labute approximate surface area is 259 Å². The highest BCUT2D eigenvalue weighted by atomic mass is 35.5. The van der Waals surface area contributed by atoms with Crippen LogP contribution in [-0.2, 0) is 11.8 Å². The van der Waals surface area contributed by atoms with E-state index in [1.165, 1.54) is 24.0 Å². The second-order valence-electron chi connectivity index (χ2n) is 13.6. The van der Waals surface area contributed by atoms with Crippen molar-refractivity contribution >= 4 is 35.1 Å². The molecule has 0 radical (unpaired) electrons. The molecule has 3 aliphatic carbocycles. The Bertz CT molecular complexity index is 1360. The largest absolute Gasteiger partial charge is 0.490 e. The number of benzene rings is 2. The van der Waals surface area contributed by atoms with E-state index in [0.29, 0.717) is 41.6 Å². The molecule has 2 aromatic carbocycles. The van der Waals surface area contributed by atoms with Crippen LogP contribution in [-0.4, -0.2) is 42.1 Å². The van der Waals surface area contributed by atoms with Crippen LogP contribution in [0.15, 0.2) is 48.6 Å². The van der Waals surface area contributed by atoms with Crippen molar-refractivity contribution in [3.8, 4) is 5.75 Å². The van der Waals surface area contributed by atoms with Gasteiger partial charge in [0.05, 0.1) is 18.4 Å². The van der Waals surface area contributed by atoms with Gasteiger partial charge in [-0.1, -0.05) is 49.6 Å². The summed E-state index contributed by atoms with van der Waals surface area (Å²) in [6.45, 7) is 4.53. The summed E-state index contributed by atoms with van der Waals surface area (Å²) in [6.07, 6.45) is 13.9. The molecule has 42 heavy (non-hydrogen) atoms. The molecule has 224 valence electrons. The standard InChI is InChI=1S/C35H43ClN2O3S/c1-22-4-2-6-31(39)28-12-9-26(28)19-38-20-35(15-3-5-24-17-27(36)11-13-29(24)35)21-41-32-14-10-25(18-30(32)38)34(40)37-42-33(22)16-23-7-8-23/h2,4,10-11,13-14,17-18,22-23,26,28,31,33,39H,3,5-9,12,15-16,19-21H2,1H3,(H,37,40)/b4-2-/t22-,26+,28-,31+,33-,35+/m1/s1. The lowest BCUT2D eigenvalue weighted by atomic mass is 9.68. The number of nitrogens with zero attached hydrogens (tertiary/aromatic N) is 1. The lowest BCUT2D eigenvalue weighted by Gasteiger charge is -2.45. The highest BCUT2D eigenvalue weighted by Gasteiger charge is 2.44. The average Bonchev–Trinajstić information content (AvgIpc) is 3.80. The number of aryl methyl sites for hydroxylation is 1. The number of amides is 1. The number of anilines is 1. The topological polar surface area (TPSA) is 61.8 Å². The van der Waals surface area contributed by atoms with E-state index >= 15 is 0 Å². The van der Waals surface area contributed by atoms with Crippen LogP contribution in [0.3, 0.4) is 0 Å². The number of allylic oxidation sites excluding steroid dienone is 1. The summed E-state index contributed by atoms with van der Waals surface area (Å²) >= 11 is 8.00. The Hall–Kier alpha value is -2.15. The molecule has 5 aliphatic rings. The van der Waals surface area contributed by atoms with E-state index < -0.39 is 0 Å². The van der Waals surface area contributed by atoms with E-state index in [4.69, 9.17) is 16.3 Å². The lowest BCUT2D eigenvalue weighted by molar-refractivity contribution is 0.0177. The van der Waals surface area contributed by atoms with E-state index in [1.807, 2.05) is 24.3 Å². The molecular formula is C35H43ClN2O3S. The van der Waals surface area contributed by atoms with Crippen molar-refractivity contribution in [3.05, 3.63) is 70.3 Å². The van der Waals surface area contributed by atoms with Crippen LogP contribution in [0, 0.1) is 23.7 Å². The van der Waals surface area contributed by atoms with E-state index in [-0.39, 0.29) is 17.4 Å². The minimum absolute atomic E-state index is 0.0413. The summed E-state index contributed by atoms with van der Waals surface area (Å²) in [5.74, 6) is 2.60. The van der Waals surface area contributed by atoms with Gasteiger partial charge in [0.1, 0.15) is 5.75 Å². The van der Waals surface area contributed by atoms with Gasteiger partial charge in [0.2, 0.25) is 0 Å². The van der Waals surface area contributed by atoms with Crippen LogP contribution >= 0.6 is 23.5 Å². The molecule has 2 N–H and O–H groups in total. The number of carbonyl (C=O) groups is 1. The molecule has 2 fully saturated rings. The SMILES string of the molecule is C[C@@H]1/C=C\C[C@H](O)[C@@H]2CC[C@H]2CN2C[C@@]3(CCCc4cc(Cl)ccc43)COc3ccc(cc32)C(=O)NS[C@@H]1CC1CC1. The second kappa shape index (κ2) is 11.7. The highest BCUT2D eigenvalue weighted by Crippen LogP contribution is 2.47. The van der Waals surface area contributed by atoms with Crippen molar-refractivity contribution < 1.29 is 14.6 Å². The van der Waals surface area contributed by atoms with Gasteiger partial charge >= 0.3 is 0 Å². The van der Waals surface area contributed by atoms with Crippen LogP contribution in [0.25, 0.3) is 0 Å². The molecule has 6 atom stereocenters. The zero-order chi connectivity index (χ0) is 28.8. The Morgan fingerprint density at radius 3 is 2.86 bits per heavy atom. The molecule has 2 aromatic rings. The number of aliphatic hydroxyl groups excluding tert-OH is 1. The number of halogens is 1. The Morgan fingerprint density at radius 2 is 2.05 bits per heavy atom. The molecule has 1 amide bonds. The van der Waals surface area contributed by atoms with E-state index in [9.17, 15) is 9.90 Å². The van der Waals surface area contributed by atoms with Crippen LogP contribution in [0.2, 0.25) is 5.02 Å². The summed E-state index contributed by atoms with van der Waals surface area (Å²) in [5, 5.41) is 12.4. The van der Waals surface area contributed by atoms with Gasteiger partial charge < -0.3 is 14.7 Å². The number of aliphatic hydroxyl groups is 1. The third kappa shape index (κ3) is 5.71. The normalized spacial score (nSPS) is 33.8. The van der Waals surface area contributed by atoms with Gasteiger partial charge in [-0.15, -0.1) is 0 Å².